The van der Waals surface area contributed by atoms with Gasteiger partial charge in [0, 0.05) is 12.6 Å². The van der Waals surface area contributed by atoms with Crippen LogP contribution in [0.3, 0.4) is 0 Å². The summed E-state index contributed by atoms with van der Waals surface area (Å²) in [4.78, 5) is 25.1. The van der Waals surface area contributed by atoms with Crippen molar-refractivity contribution in [3.05, 3.63) is 0 Å². The van der Waals surface area contributed by atoms with Crippen molar-refractivity contribution in [2.75, 3.05) is 19.6 Å². The number of hydrogen-bond acceptors (Lipinski definition) is 3. The molecule has 96 valence electrons. The summed E-state index contributed by atoms with van der Waals surface area (Å²) in [6.07, 6.45) is 4.44. The summed E-state index contributed by atoms with van der Waals surface area (Å²) in [7, 11) is 0. The molecule has 0 unspecified atom stereocenters. The van der Waals surface area contributed by atoms with E-state index in [4.69, 9.17) is 0 Å². The average Bonchev–Trinajstić information content (AvgIpc) is 3.00. The zero-order valence-corrected chi connectivity index (χ0v) is 10.4. The molecule has 1 saturated carbocycles. The van der Waals surface area contributed by atoms with Crippen LogP contribution in [0.1, 0.15) is 32.6 Å². The molecule has 5 heteroatoms. The van der Waals surface area contributed by atoms with Gasteiger partial charge < -0.3 is 5.32 Å². The zero-order chi connectivity index (χ0) is 12.3. The Labute approximate surface area is 102 Å². The van der Waals surface area contributed by atoms with Crippen molar-refractivity contribution in [2.45, 2.75) is 38.6 Å². The monoisotopic (exact) mass is 239 g/mol. The highest BCUT2D eigenvalue weighted by Gasteiger charge is 2.24. The molecule has 1 saturated heterocycles. The lowest BCUT2D eigenvalue weighted by Crippen LogP contribution is -2.47. The minimum atomic E-state index is -0.345. The molecule has 5 nitrogen and oxygen atoms in total. The predicted molar refractivity (Wildman–Crippen MR) is 64.5 cm³/mol. The van der Waals surface area contributed by atoms with E-state index in [2.05, 4.69) is 22.5 Å². The number of urea groups is 1. The first-order valence-electron chi connectivity index (χ1n) is 6.46. The van der Waals surface area contributed by atoms with Crippen LogP contribution < -0.4 is 10.6 Å². The van der Waals surface area contributed by atoms with Crippen LogP contribution in [0.25, 0.3) is 0 Å². The minimum Gasteiger partial charge on any atom is -0.335 e. The number of likely N-dealkylation sites (tertiary alicyclic amines) is 1. The molecule has 2 N–H and O–H groups in total. The lowest BCUT2D eigenvalue weighted by Gasteiger charge is -2.29. The van der Waals surface area contributed by atoms with Gasteiger partial charge in [0.25, 0.3) is 0 Å². The summed E-state index contributed by atoms with van der Waals surface area (Å²) < 4.78 is 0. The summed E-state index contributed by atoms with van der Waals surface area (Å²) in [6, 6.07) is -0.0552. The van der Waals surface area contributed by atoms with E-state index in [9.17, 15) is 9.59 Å². The summed E-state index contributed by atoms with van der Waals surface area (Å²) >= 11 is 0. The number of hydrogen-bond donors (Lipinski definition) is 2. The van der Waals surface area contributed by atoms with Gasteiger partial charge in [-0.25, -0.2) is 4.79 Å². The first kappa shape index (κ1) is 12.4. The third kappa shape index (κ3) is 4.34. The highest BCUT2D eigenvalue weighted by molar-refractivity contribution is 5.95. The van der Waals surface area contributed by atoms with Gasteiger partial charge in [0.15, 0.2) is 0 Å². The lowest BCUT2D eigenvalue weighted by molar-refractivity contribution is -0.121. The fourth-order valence-electron chi connectivity index (χ4n) is 2.25. The Hall–Kier alpha value is -1.10. The minimum absolute atomic E-state index is 0.197. The predicted octanol–water partition coefficient (Wildman–Crippen LogP) is 0.707. The summed E-state index contributed by atoms with van der Waals surface area (Å²) in [6.45, 7) is 4.45. The molecule has 2 fully saturated rings. The van der Waals surface area contributed by atoms with Crippen LogP contribution in [0.5, 0.6) is 0 Å². The van der Waals surface area contributed by atoms with Gasteiger partial charge in [-0.2, -0.15) is 0 Å². The number of imide groups is 1. The Bertz CT molecular complexity index is 302. The number of nitrogens with zero attached hydrogens (tertiary/aromatic N) is 1. The molecular weight excluding hydrogens is 218 g/mol. The van der Waals surface area contributed by atoms with Crippen LogP contribution >= 0.6 is 0 Å². The zero-order valence-electron chi connectivity index (χ0n) is 10.4. The van der Waals surface area contributed by atoms with Crippen molar-refractivity contribution in [1.29, 1.82) is 0 Å². The third-order valence-corrected chi connectivity index (χ3v) is 3.27. The van der Waals surface area contributed by atoms with Crippen molar-refractivity contribution in [3.8, 4) is 0 Å². The Balaban J connectivity index is 1.66. The van der Waals surface area contributed by atoms with Crippen molar-refractivity contribution in [1.82, 2.24) is 15.5 Å². The molecule has 2 rings (SSSR count). The largest absolute Gasteiger partial charge is 0.335 e. The quantitative estimate of drug-likeness (QED) is 0.762. The Kier molecular flexibility index (Phi) is 3.99. The smallest absolute Gasteiger partial charge is 0.321 e. The molecule has 3 amide bonds. The standard InChI is InChI=1S/C12H21N3O2/c1-9-3-2-6-15(7-9)8-11(16)14-12(17)13-10-4-5-10/h9-10H,2-8H2,1H3,(H2,13,14,16,17)/t9-/m0/s1. The maximum atomic E-state index is 11.6. The topological polar surface area (TPSA) is 61.4 Å². The fraction of sp³-hybridized carbons (Fsp3) is 0.833. The molecule has 2 aliphatic rings. The molecule has 1 heterocycles. The molecular formula is C12H21N3O2. The van der Waals surface area contributed by atoms with Crippen molar-refractivity contribution >= 4 is 11.9 Å². The second kappa shape index (κ2) is 5.49. The van der Waals surface area contributed by atoms with Crippen LogP contribution in [0.15, 0.2) is 0 Å². The van der Waals surface area contributed by atoms with E-state index in [-0.39, 0.29) is 18.0 Å². The number of rotatable bonds is 3. The van der Waals surface area contributed by atoms with Crippen LogP contribution in [0.4, 0.5) is 4.79 Å². The molecule has 1 atom stereocenters. The van der Waals surface area contributed by atoms with Crippen LogP contribution in [-0.4, -0.2) is 42.5 Å². The maximum Gasteiger partial charge on any atom is 0.321 e. The van der Waals surface area contributed by atoms with E-state index < -0.39 is 0 Å². The van der Waals surface area contributed by atoms with Gasteiger partial charge in [-0.3, -0.25) is 15.0 Å². The number of carbonyl (C=O) groups excluding carboxylic acids is 2. The van der Waals surface area contributed by atoms with Gasteiger partial charge >= 0.3 is 6.03 Å². The molecule has 1 aliphatic carbocycles. The van der Waals surface area contributed by atoms with Gasteiger partial charge in [-0.1, -0.05) is 6.92 Å². The van der Waals surface area contributed by atoms with Gasteiger partial charge in [0.05, 0.1) is 6.54 Å². The van der Waals surface area contributed by atoms with Crippen LogP contribution in [0.2, 0.25) is 0 Å². The molecule has 0 spiro atoms. The fourth-order valence-corrected chi connectivity index (χ4v) is 2.25. The number of carbonyl (C=O) groups is 2. The summed E-state index contributed by atoms with van der Waals surface area (Å²) in [5.41, 5.74) is 0. The summed E-state index contributed by atoms with van der Waals surface area (Å²) in [5.74, 6) is 0.453. The van der Waals surface area contributed by atoms with Crippen LogP contribution in [-0.2, 0) is 4.79 Å². The van der Waals surface area contributed by atoms with E-state index in [1.54, 1.807) is 0 Å². The Morgan fingerprint density at radius 2 is 2.06 bits per heavy atom. The highest BCUT2D eigenvalue weighted by atomic mass is 16.2. The van der Waals surface area contributed by atoms with E-state index >= 15 is 0 Å². The Morgan fingerprint density at radius 1 is 1.29 bits per heavy atom. The second-order valence-electron chi connectivity index (χ2n) is 5.28. The molecule has 0 aromatic rings. The first-order chi connectivity index (χ1) is 8.13. The van der Waals surface area contributed by atoms with Gasteiger partial charge in [-0.05, 0) is 38.1 Å². The third-order valence-electron chi connectivity index (χ3n) is 3.27. The first-order valence-corrected chi connectivity index (χ1v) is 6.46. The van der Waals surface area contributed by atoms with Crippen LogP contribution in [0, 0.1) is 5.92 Å². The van der Waals surface area contributed by atoms with Gasteiger partial charge in [0.1, 0.15) is 0 Å². The second-order valence-corrected chi connectivity index (χ2v) is 5.28. The molecule has 0 aromatic carbocycles. The lowest BCUT2D eigenvalue weighted by atomic mass is 10.0. The molecule has 0 aromatic heterocycles. The number of amides is 3. The van der Waals surface area contributed by atoms with Crippen molar-refractivity contribution in [2.24, 2.45) is 5.92 Å². The molecule has 1 aliphatic heterocycles. The molecule has 17 heavy (non-hydrogen) atoms. The van der Waals surface area contributed by atoms with E-state index in [1.165, 1.54) is 6.42 Å². The molecule has 0 bridgehead atoms. The van der Waals surface area contributed by atoms with Crippen molar-refractivity contribution in [3.63, 3.8) is 0 Å². The molecule has 0 radical (unpaired) electrons. The van der Waals surface area contributed by atoms with E-state index in [1.807, 2.05) is 0 Å². The Morgan fingerprint density at radius 3 is 2.71 bits per heavy atom. The van der Waals surface area contributed by atoms with Gasteiger partial charge in [-0.15, -0.1) is 0 Å². The average molecular weight is 239 g/mol. The number of nitrogens with one attached hydrogen (secondary N) is 2. The van der Waals surface area contributed by atoms with Gasteiger partial charge in [0.2, 0.25) is 5.91 Å². The highest BCUT2D eigenvalue weighted by Crippen LogP contribution is 2.18. The van der Waals surface area contributed by atoms with E-state index in [0.29, 0.717) is 12.5 Å². The SMILES string of the molecule is C[C@H]1CCCN(CC(=O)NC(=O)NC2CC2)C1. The van der Waals surface area contributed by atoms with Crippen molar-refractivity contribution < 1.29 is 9.59 Å². The number of piperidine rings is 1. The van der Waals surface area contributed by atoms with E-state index in [0.717, 1.165) is 32.4 Å². The maximum absolute atomic E-state index is 11.6. The normalized spacial score (nSPS) is 25.4. The summed E-state index contributed by atoms with van der Waals surface area (Å²) in [5, 5.41) is 5.12.